The van der Waals surface area contributed by atoms with Crippen LogP contribution in [0.4, 0.5) is 0 Å². The molecule has 1 aromatic heterocycles. The Morgan fingerprint density at radius 1 is 1.03 bits per heavy atom. The highest BCUT2D eigenvalue weighted by Crippen LogP contribution is 2.40. The highest BCUT2D eigenvalue weighted by Gasteiger charge is 2.36. The number of fused-ring (bicyclic) bond motifs is 4. The van der Waals surface area contributed by atoms with Crippen molar-refractivity contribution in [2.75, 3.05) is 13.1 Å². The first-order valence-corrected chi connectivity index (χ1v) is 10.7. The van der Waals surface area contributed by atoms with Crippen molar-refractivity contribution in [2.45, 2.75) is 25.4 Å². The fourth-order valence-corrected chi connectivity index (χ4v) is 5.24. The molecule has 0 radical (unpaired) electrons. The van der Waals surface area contributed by atoms with Gasteiger partial charge in [-0.25, -0.2) is 0 Å². The van der Waals surface area contributed by atoms with E-state index in [2.05, 4.69) is 17.0 Å². The van der Waals surface area contributed by atoms with Crippen molar-refractivity contribution in [3.63, 3.8) is 0 Å². The predicted octanol–water partition coefficient (Wildman–Crippen LogP) is 4.66. The quantitative estimate of drug-likeness (QED) is 0.625. The number of likely N-dealkylation sites (tertiary alicyclic amines) is 1. The van der Waals surface area contributed by atoms with E-state index in [9.17, 15) is 10.1 Å². The molecular formula is C25H22ClN3O. The van der Waals surface area contributed by atoms with Crippen LogP contribution >= 0.6 is 11.6 Å². The van der Waals surface area contributed by atoms with Crippen LogP contribution in [0.25, 0.3) is 11.1 Å². The van der Waals surface area contributed by atoms with Crippen LogP contribution in [0.1, 0.15) is 29.2 Å². The van der Waals surface area contributed by atoms with Crippen molar-refractivity contribution < 1.29 is 0 Å². The van der Waals surface area contributed by atoms with Crippen molar-refractivity contribution in [1.29, 1.82) is 5.26 Å². The van der Waals surface area contributed by atoms with Gasteiger partial charge in [-0.15, -0.1) is 0 Å². The second-order valence-corrected chi connectivity index (χ2v) is 8.83. The Morgan fingerprint density at radius 3 is 2.67 bits per heavy atom. The molecule has 2 atom stereocenters. The molecule has 4 nitrogen and oxygen atoms in total. The SMILES string of the molecule is N#Cc1cccc(CN2CC3CC(C2)c2c(-c4ccc(Cl)cc4)ccc(=O)n2C3)c1. The average molecular weight is 416 g/mol. The molecule has 0 N–H and O–H groups in total. The lowest BCUT2D eigenvalue weighted by atomic mass is 9.80. The lowest BCUT2D eigenvalue weighted by molar-refractivity contribution is 0.115. The number of rotatable bonds is 3. The third-order valence-corrected chi connectivity index (χ3v) is 6.54. The highest BCUT2D eigenvalue weighted by atomic mass is 35.5. The number of hydrogen-bond acceptors (Lipinski definition) is 3. The normalized spacial score (nSPS) is 20.4. The molecule has 0 aliphatic carbocycles. The van der Waals surface area contributed by atoms with Crippen molar-refractivity contribution in [3.05, 3.63) is 92.9 Å². The molecule has 2 bridgehead atoms. The van der Waals surface area contributed by atoms with Crippen molar-refractivity contribution in [3.8, 4) is 17.2 Å². The third-order valence-electron chi connectivity index (χ3n) is 6.28. The summed E-state index contributed by atoms with van der Waals surface area (Å²) in [6.45, 7) is 3.48. The topological polar surface area (TPSA) is 49.0 Å². The van der Waals surface area contributed by atoms with Crippen LogP contribution in [0.5, 0.6) is 0 Å². The Balaban J connectivity index is 1.49. The van der Waals surface area contributed by atoms with E-state index in [0.29, 0.717) is 22.4 Å². The van der Waals surface area contributed by atoms with E-state index in [-0.39, 0.29) is 5.56 Å². The van der Waals surface area contributed by atoms with Crippen LogP contribution in [-0.2, 0) is 13.1 Å². The summed E-state index contributed by atoms with van der Waals surface area (Å²) in [6, 6.07) is 21.6. The van der Waals surface area contributed by atoms with E-state index >= 15 is 0 Å². The van der Waals surface area contributed by atoms with Gasteiger partial charge in [0.1, 0.15) is 0 Å². The van der Waals surface area contributed by atoms with E-state index in [1.165, 1.54) is 0 Å². The zero-order valence-electron chi connectivity index (χ0n) is 16.6. The number of pyridine rings is 1. The molecule has 150 valence electrons. The maximum Gasteiger partial charge on any atom is 0.250 e. The first kappa shape index (κ1) is 19.1. The van der Waals surface area contributed by atoms with Crippen molar-refractivity contribution in [1.82, 2.24) is 9.47 Å². The second kappa shape index (κ2) is 7.75. The smallest absolute Gasteiger partial charge is 0.250 e. The number of hydrogen-bond donors (Lipinski definition) is 0. The molecule has 1 saturated heterocycles. The van der Waals surface area contributed by atoms with E-state index < -0.39 is 0 Å². The summed E-state index contributed by atoms with van der Waals surface area (Å²) in [5, 5.41) is 9.90. The van der Waals surface area contributed by atoms with Gasteiger partial charge in [-0.1, -0.05) is 35.9 Å². The summed E-state index contributed by atoms with van der Waals surface area (Å²) in [4.78, 5) is 15.1. The maximum atomic E-state index is 12.7. The van der Waals surface area contributed by atoms with Crippen LogP contribution in [0.3, 0.4) is 0 Å². The molecular weight excluding hydrogens is 394 g/mol. The minimum atomic E-state index is 0.0904. The van der Waals surface area contributed by atoms with Gasteiger partial charge in [0.25, 0.3) is 5.56 Å². The fraction of sp³-hybridized carbons (Fsp3) is 0.280. The second-order valence-electron chi connectivity index (χ2n) is 8.39. The molecule has 2 aliphatic heterocycles. The summed E-state index contributed by atoms with van der Waals surface area (Å²) in [5.74, 6) is 0.782. The summed E-state index contributed by atoms with van der Waals surface area (Å²) in [7, 11) is 0. The monoisotopic (exact) mass is 415 g/mol. The molecule has 2 unspecified atom stereocenters. The van der Waals surface area contributed by atoms with Gasteiger partial charge in [0, 0.05) is 54.4 Å². The van der Waals surface area contributed by atoms with Crippen LogP contribution < -0.4 is 5.56 Å². The first-order chi connectivity index (χ1) is 14.6. The number of piperidine rings is 1. The summed E-state index contributed by atoms with van der Waals surface area (Å²) in [5.41, 5.74) is 5.33. The van der Waals surface area contributed by atoms with Crippen LogP contribution in [0, 0.1) is 17.2 Å². The Labute approximate surface area is 181 Å². The van der Waals surface area contributed by atoms with Gasteiger partial charge < -0.3 is 4.57 Å². The largest absolute Gasteiger partial charge is 0.311 e. The van der Waals surface area contributed by atoms with E-state index in [4.69, 9.17) is 11.6 Å². The summed E-state index contributed by atoms with van der Waals surface area (Å²) < 4.78 is 2.00. The van der Waals surface area contributed by atoms with Crippen LogP contribution in [0.2, 0.25) is 5.02 Å². The molecule has 2 aromatic carbocycles. The molecule has 0 saturated carbocycles. The average Bonchev–Trinajstić information content (AvgIpc) is 2.75. The van der Waals surface area contributed by atoms with Crippen molar-refractivity contribution in [2.24, 2.45) is 5.92 Å². The highest BCUT2D eigenvalue weighted by molar-refractivity contribution is 6.30. The lowest BCUT2D eigenvalue weighted by Crippen LogP contribution is -2.47. The fourth-order valence-electron chi connectivity index (χ4n) is 5.11. The van der Waals surface area contributed by atoms with Gasteiger partial charge in [0.15, 0.2) is 0 Å². The van der Waals surface area contributed by atoms with Gasteiger partial charge >= 0.3 is 0 Å². The Kier molecular flexibility index (Phi) is 4.94. The molecule has 30 heavy (non-hydrogen) atoms. The Hall–Kier alpha value is -2.87. The Bertz CT molecular complexity index is 1190. The molecule has 5 heteroatoms. The van der Waals surface area contributed by atoms with E-state index in [0.717, 1.165) is 55.0 Å². The van der Waals surface area contributed by atoms with Gasteiger partial charge in [-0.2, -0.15) is 5.26 Å². The molecule has 0 amide bonds. The molecule has 3 heterocycles. The molecule has 2 aliphatic rings. The van der Waals surface area contributed by atoms with Gasteiger partial charge in [-0.05, 0) is 53.8 Å². The van der Waals surface area contributed by atoms with Gasteiger partial charge in [0.2, 0.25) is 0 Å². The zero-order valence-corrected chi connectivity index (χ0v) is 17.3. The van der Waals surface area contributed by atoms with Crippen LogP contribution in [0.15, 0.2) is 65.5 Å². The number of aromatic nitrogens is 1. The lowest BCUT2D eigenvalue weighted by Gasteiger charge is -2.43. The summed E-state index contributed by atoms with van der Waals surface area (Å²) in [6.07, 6.45) is 1.11. The zero-order chi connectivity index (χ0) is 20.7. The summed E-state index contributed by atoms with van der Waals surface area (Å²) >= 11 is 6.09. The first-order valence-electron chi connectivity index (χ1n) is 10.3. The van der Waals surface area contributed by atoms with E-state index in [1.54, 1.807) is 6.07 Å². The minimum Gasteiger partial charge on any atom is -0.311 e. The number of nitriles is 1. The van der Waals surface area contributed by atoms with Gasteiger partial charge in [-0.3, -0.25) is 9.69 Å². The van der Waals surface area contributed by atoms with Crippen LogP contribution in [-0.4, -0.2) is 22.6 Å². The minimum absolute atomic E-state index is 0.0904. The Morgan fingerprint density at radius 2 is 1.87 bits per heavy atom. The number of benzene rings is 2. The molecule has 3 aromatic rings. The third kappa shape index (κ3) is 3.56. The molecule has 0 spiro atoms. The standard InChI is InChI=1S/C25H22ClN3O/c26-22-6-4-20(5-7-22)23-8-9-24(30)29-15-19-11-21(25(23)29)16-28(14-19)13-18-3-1-2-17(10-18)12-27/h1-10,19,21H,11,13-16H2. The van der Waals surface area contributed by atoms with Crippen molar-refractivity contribution >= 4 is 11.6 Å². The van der Waals surface area contributed by atoms with Gasteiger partial charge in [0.05, 0.1) is 11.6 Å². The maximum absolute atomic E-state index is 12.7. The van der Waals surface area contributed by atoms with E-state index in [1.807, 2.05) is 53.1 Å². The molecule has 5 rings (SSSR count). The molecule has 1 fully saturated rings. The predicted molar refractivity (Wildman–Crippen MR) is 118 cm³/mol. The number of nitrogens with zero attached hydrogens (tertiary/aromatic N) is 3. The number of halogens is 1.